The number of rotatable bonds is 4. The van der Waals surface area contributed by atoms with Gasteiger partial charge in [-0.2, -0.15) is 13.2 Å². The second-order valence-corrected chi connectivity index (χ2v) is 4.20. The van der Waals surface area contributed by atoms with E-state index in [0.29, 0.717) is 10.2 Å². The molecule has 0 aliphatic heterocycles. The predicted octanol–water partition coefficient (Wildman–Crippen LogP) is 2.72. The molecule has 0 heterocycles. The van der Waals surface area contributed by atoms with Gasteiger partial charge in [-0.15, -0.1) is 0 Å². The first-order valence-corrected chi connectivity index (χ1v) is 5.45. The van der Waals surface area contributed by atoms with Crippen molar-refractivity contribution < 1.29 is 27.4 Å². The van der Waals surface area contributed by atoms with Crippen molar-refractivity contribution in [3.05, 3.63) is 28.2 Å². The largest absolute Gasteiger partial charge is 0.435 e. The van der Waals surface area contributed by atoms with Gasteiger partial charge in [0.25, 0.3) is 0 Å². The summed E-state index contributed by atoms with van der Waals surface area (Å²) in [5, 5.41) is 0. The first-order chi connectivity index (χ1) is 8.28. The van der Waals surface area contributed by atoms with Gasteiger partial charge in [-0.05, 0) is 18.2 Å². The summed E-state index contributed by atoms with van der Waals surface area (Å²) < 4.78 is 44.4. The number of nitrogen functional groups attached to an aromatic ring is 1. The maximum absolute atomic E-state index is 11.7. The summed E-state index contributed by atoms with van der Waals surface area (Å²) in [5.41, 5.74) is 5.94. The van der Waals surface area contributed by atoms with E-state index in [1.165, 1.54) is 12.1 Å². The molecule has 0 radical (unpaired) electrons. The molecule has 0 bridgehead atoms. The Morgan fingerprint density at radius 2 is 2.00 bits per heavy atom. The molecule has 1 aromatic rings. The number of alkyl halides is 3. The van der Waals surface area contributed by atoms with Gasteiger partial charge < -0.3 is 15.2 Å². The van der Waals surface area contributed by atoms with Crippen LogP contribution in [0.25, 0.3) is 0 Å². The first-order valence-electron chi connectivity index (χ1n) is 4.65. The molecule has 18 heavy (non-hydrogen) atoms. The number of carbonyl (C=O) groups is 1. The van der Waals surface area contributed by atoms with Crippen LogP contribution >= 0.6 is 15.9 Å². The van der Waals surface area contributed by atoms with Crippen LogP contribution < -0.4 is 5.73 Å². The van der Waals surface area contributed by atoms with Crippen molar-refractivity contribution in [2.45, 2.75) is 6.18 Å². The van der Waals surface area contributed by atoms with E-state index in [9.17, 15) is 18.0 Å². The zero-order chi connectivity index (χ0) is 13.8. The molecule has 0 saturated heterocycles. The molecule has 0 aromatic heterocycles. The Morgan fingerprint density at radius 1 is 1.33 bits per heavy atom. The fourth-order valence-corrected chi connectivity index (χ4v) is 1.58. The van der Waals surface area contributed by atoms with Crippen LogP contribution in [0.2, 0.25) is 0 Å². The molecule has 0 aliphatic carbocycles. The summed E-state index contributed by atoms with van der Waals surface area (Å²) >= 11 is 3.12. The molecule has 0 amide bonds. The molecule has 0 aliphatic rings. The highest BCUT2D eigenvalue weighted by Gasteiger charge is 2.27. The molecule has 4 nitrogen and oxygen atoms in total. The summed E-state index contributed by atoms with van der Waals surface area (Å²) in [4.78, 5) is 11.4. The molecule has 1 rings (SSSR count). The third kappa shape index (κ3) is 5.37. The van der Waals surface area contributed by atoms with Gasteiger partial charge >= 0.3 is 12.1 Å². The van der Waals surface area contributed by atoms with Crippen LogP contribution in [0, 0.1) is 0 Å². The highest BCUT2D eigenvalue weighted by molar-refractivity contribution is 9.10. The number of hydrogen-bond donors (Lipinski definition) is 1. The monoisotopic (exact) mass is 327 g/mol. The van der Waals surface area contributed by atoms with Crippen LogP contribution in [0.4, 0.5) is 18.9 Å². The standard InChI is InChI=1S/C10H9BrF3NO3/c11-7-1-6(2-8(15)3-7)9(16)18-5-17-4-10(12,13)14/h1-3H,4-5,15H2. The molecule has 100 valence electrons. The molecule has 2 N–H and O–H groups in total. The lowest BCUT2D eigenvalue weighted by Crippen LogP contribution is -2.19. The Hall–Kier alpha value is -1.28. The minimum absolute atomic E-state index is 0.123. The number of anilines is 1. The highest BCUT2D eigenvalue weighted by Crippen LogP contribution is 2.18. The summed E-state index contributed by atoms with van der Waals surface area (Å²) in [6, 6.07) is 4.34. The van der Waals surface area contributed by atoms with Crippen LogP contribution in [-0.4, -0.2) is 25.5 Å². The molecule has 0 unspecified atom stereocenters. The van der Waals surface area contributed by atoms with E-state index in [2.05, 4.69) is 25.4 Å². The molecular formula is C10H9BrF3NO3. The van der Waals surface area contributed by atoms with Gasteiger partial charge in [-0.3, -0.25) is 0 Å². The Labute approximate surface area is 109 Å². The normalized spacial score (nSPS) is 11.3. The highest BCUT2D eigenvalue weighted by atomic mass is 79.9. The van der Waals surface area contributed by atoms with E-state index >= 15 is 0 Å². The van der Waals surface area contributed by atoms with Crippen LogP contribution in [0.1, 0.15) is 10.4 Å². The van der Waals surface area contributed by atoms with Gasteiger partial charge in [0.15, 0.2) is 6.79 Å². The van der Waals surface area contributed by atoms with Crippen molar-refractivity contribution in [1.29, 1.82) is 0 Å². The van der Waals surface area contributed by atoms with Crippen molar-refractivity contribution in [3.63, 3.8) is 0 Å². The molecule has 0 atom stereocenters. The van der Waals surface area contributed by atoms with E-state index < -0.39 is 25.5 Å². The van der Waals surface area contributed by atoms with E-state index in [4.69, 9.17) is 5.73 Å². The SMILES string of the molecule is Nc1cc(Br)cc(C(=O)OCOCC(F)(F)F)c1. The van der Waals surface area contributed by atoms with Crippen molar-refractivity contribution in [2.75, 3.05) is 19.1 Å². The lowest BCUT2D eigenvalue weighted by Gasteiger charge is -2.08. The van der Waals surface area contributed by atoms with E-state index in [0.717, 1.165) is 0 Å². The second-order valence-electron chi connectivity index (χ2n) is 3.29. The number of esters is 1. The summed E-state index contributed by atoms with van der Waals surface area (Å²) in [6.07, 6.45) is -4.45. The van der Waals surface area contributed by atoms with E-state index in [-0.39, 0.29) is 5.56 Å². The Kier molecular flexibility index (Phi) is 4.97. The average Bonchev–Trinajstić information content (AvgIpc) is 2.21. The third-order valence-electron chi connectivity index (χ3n) is 1.69. The number of carbonyl (C=O) groups excluding carboxylic acids is 1. The van der Waals surface area contributed by atoms with Crippen LogP contribution in [0.5, 0.6) is 0 Å². The maximum atomic E-state index is 11.7. The van der Waals surface area contributed by atoms with Crippen molar-refractivity contribution in [3.8, 4) is 0 Å². The first kappa shape index (κ1) is 14.8. The average molecular weight is 328 g/mol. The van der Waals surface area contributed by atoms with E-state index in [1.807, 2.05) is 0 Å². The lowest BCUT2D eigenvalue weighted by atomic mass is 10.2. The molecule has 1 aromatic carbocycles. The van der Waals surface area contributed by atoms with Crippen LogP contribution in [0.15, 0.2) is 22.7 Å². The molecule has 0 fully saturated rings. The number of ether oxygens (including phenoxy) is 2. The van der Waals surface area contributed by atoms with Crippen molar-refractivity contribution in [1.82, 2.24) is 0 Å². The molecule has 8 heteroatoms. The smallest absolute Gasteiger partial charge is 0.411 e. The second kappa shape index (κ2) is 6.05. The predicted molar refractivity (Wildman–Crippen MR) is 60.8 cm³/mol. The zero-order valence-corrected chi connectivity index (χ0v) is 10.5. The number of benzene rings is 1. The summed E-state index contributed by atoms with van der Waals surface area (Å²) in [6.45, 7) is -2.24. The molecule has 0 spiro atoms. The minimum atomic E-state index is -4.45. The minimum Gasteiger partial charge on any atom is -0.435 e. The summed E-state index contributed by atoms with van der Waals surface area (Å²) in [5.74, 6) is -0.815. The Balaban J connectivity index is 2.46. The van der Waals surface area contributed by atoms with Gasteiger partial charge in [-0.1, -0.05) is 15.9 Å². The third-order valence-corrected chi connectivity index (χ3v) is 2.15. The van der Waals surface area contributed by atoms with Crippen molar-refractivity contribution >= 4 is 27.6 Å². The molecular weight excluding hydrogens is 319 g/mol. The van der Waals surface area contributed by atoms with Gasteiger partial charge in [0.1, 0.15) is 6.61 Å². The summed E-state index contributed by atoms with van der Waals surface area (Å²) in [7, 11) is 0. The zero-order valence-electron chi connectivity index (χ0n) is 8.96. The number of nitrogens with two attached hydrogens (primary N) is 1. The number of hydrogen-bond acceptors (Lipinski definition) is 4. The van der Waals surface area contributed by atoms with Gasteiger partial charge in [0.2, 0.25) is 0 Å². The quantitative estimate of drug-likeness (QED) is 0.400. The Morgan fingerprint density at radius 3 is 2.56 bits per heavy atom. The van der Waals surface area contributed by atoms with Gasteiger partial charge in [-0.25, -0.2) is 4.79 Å². The lowest BCUT2D eigenvalue weighted by molar-refractivity contribution is -0.190. The van der Waals surface area contributed by atoms with Crippen molar-refractivity contribution in [2.24, 2.45) is 0 Å². The Bertz CT molecular complexity index is 417. The molecule has 0 saturated carbocycles. The fraction of sp³-hybridized carbons (Fsp3) is 0.300. The van der Waals surface area contributed by atoms with Gasteiger partial charge in [0.05, 0.1) is 5.56 Å². The topological polar surface area (TPSA) is 61.6 Å². The maximum Gasteiger partial charge on any atom is 0.411 e. The number of halogens is 4. The van der Waals surface area contributed by atoms with Crippen LogP contribution in [-0.2, 0) is 9.47 Å². The van der Waals surface area contributed by atoms with Crippen LogP contribution in [0.3, 0.4) is 0 Å². The van der Waals surface area contributed by atoms with E-state index in [1.54, 1.807) is 6.07 Å². The van der Waals surface area contributed by atoms with Gasteiger partial charge in [0, 0.05) is 10.2 Å². The fourth-order valence-electron chi connectivity index (χ4n) is 1.07.